The summed E-state index contributed by atoms with van der Waals surface area (Å²) in [6.45, 7) is 4.81. The Morgan fingerprint density at radius 3 is 2.92 bits per heavy atom. The zero-order chi connectivity index (χ0) is 17.8. The van der Waals surface area contributed by atoms with Crippen molar-refractivity contribution in [3.63, 3.8) is 0 Å². The lowest BCUT2D eigenvalue weighted by molar-refractivity contribution is -0.126. The van der Waals surface area contributed by atoms with E-state index in [4.69, 9.17) is 0 Å². The summed E-state index contributed by atoms with van der Waals surface area (Å²) in [4.78, 5) is 16.2. The summed E-state index contributed by atoms with van der Waals surface area (Å²) in [6.07, 6.45) is 4.01. The second-order valence-corrected chi connectivity index (χ2v) is 8.33. The lowest BCUT2D eigenvalue weighted by Gasteiger charge is -2.31. The van der Waals surface area contributed by atoms with Gasteiger partial charge in [-0.15, -0.1) is 11.3 Å². The normalized spacial score (nSPS) is 17.7. The Kier molecular flexibility index (Phi) is 5.56. The molecule has 4 rings (SSSR count). The lowest BCUT2D eigenvalue weighted by Crippen LogP contribution is -2.40. The van der Waals surface area contributed by atoms with Crippen molar-refractivity contribution >= 4 is 22.9 Å². The Bertz CT molecular complexity index is 736. The number of hydrogen-bond donors (Lipinski definition) is 2. The molecule has 0 aliphatic carbocycles. The molecule has 1 aromatic heterocycles. The highest BCUT2D eigenvalue weighted by Crippen LogP contribution is 2.28. The molecule has 1 amide bonds. The number of carbonyl (C=O) groups excluding carboxylic acids is 1. The Labute approximate surface area is 159 Å². The van der Waals surface area contributed by atoms with E-state index in [1.807, 2.05) is 0 Å². The van der Waals surface area contributed by atoms with E-state index < -0.39 is 0 Å². The number of fused-ring (bicyclic) bond motifs is 1. The number of benzene rings is 1. The number of nitrogens with one attached hydrogen (secondary N) is 2. The molecule has 5 heteroatoms. The van der Waals surface area contributed by atoms with Crippen LogP contribution in [0.3, 0.4) is 0 Å². The minimum Gasteiger partial charge on any atom is -0.384 e. The van der Waals surface area contributed by atoms with Gasteiger partial charge in [-0.2, -0.15) is 0 Å². The lowest BCUT2D eigenvalue weighted by atomic mass is 9.95. The maximum atomic E-state index is 12.4. The van der Waals surface area contributed by atoms with Crippen LogP contribution in [0.15, 0.2) is 35.7 Å². The monoisotopic (exact) mass is 369 g/mol. The minimum absolute atomic E-state index is 0.175. The molecule has 4 nitrogen and oxygen atoms in total. The average Bonchev–Trinajstić information content (AvgIpc) is 3.34. The standard InChI is InChI=1S/C21H27N3OS/c25-21(23-11-7-19-5-2-14-26-19)17-8-12-24(13-9-17)15-18-4-1-3-16-6-10-22-20(16)18/h1-5,14,17,22H,6-13,15H2,(H,23,25). The van der Waals surface area contributed by atoms with Crippen molar-refractivity contribution in [2.24, 2.45) is 5.92 Å². The van der Waals surface area contributed by atoms with Gasteiger partial charge in [-0.3, -0.25) is 9.69 Å². The Morgan fingerprint density at radius 2 is 2.12 bits per heavy atom. The summed E-state index contributed by atoms with van der Waals surface area (Å²) in [6, 6.07) is 10.8. The third-order valence-corrected chi connectivity index (χ3v) is 6.47. The summed E-state index contributed by atoms with van der Waals surface area (Å²) >= 11 is 1.76. The van der Waals surface area contributed by atoms with E-state index in [-0.39, 0.29) is 11.8 Å². The van der Waals surface area contributed by atoms with E-state index in [1.165, 1.54) is 21.7 Å². The van der Waals surface area contributed by atoms with E-state index in [9.17, 15) is 4.79 Å². The van der Waals surface area contributed by atoms with Crippen LogP contribution in [0.5, 0.6) is 0 Å². The molecule has 0 atom stereocenters. The third-order valence-electron chi connectivity index (χ3n) is 5.54. The minimum atomic E-state index is 0.175. The van der Waals surface area contributed by atoms with Gasteiger partial charge in [-0.05, 0) is 61.3 Å². The van der Waals surface area contributed by atoms with Gasteiger partial charge in [0.25, 0.3) is 0 Å². The fraction of sp³-hybridized carbons (Fsp3) is 0.476. The van der Waals surface area contributed by atoms with Crippen LogP contribution in [0.1, 0.15) is 28.8 Å². The van der Waals surface area contributed by atoms with Crippen LogP contribution >= 0.6 is 11.3 Å². The maximum Gasteiger partial charge on any atom is 0.223 e. The van der Waals surface area contributed by atoms with E-state index in [0.717, 1.165) is 58.4 Å². The molecule has 1 saturated heterocycles. The van der Waals surface area contributed by atoms with Crippen LogP contribution in [0.4, 0.5) is 5.69 Å². The molecule has 0 radical (unpaired) electrons. The first-order valence-corrected chi connectivity index (χ1v) is 10.5. The third kappa shape index (κ3) is 4.10. The smallest absolute Gasteiger partial charge is 0.223 e. The molecule has 2 N–H and O–H groups in total. The number of anilines is 1. The van der Waals surface area contributed by atoms with Gasteiger partial charge < -0.3 is 10.6 Å². The highest BCUT2D eigenvalue weighted by Gasteiger charge is 2.25. The first kappa shape index (κ1) is 17.6. The fourth-order valence-corrected chi connectivity index (χ4v) is 4.75. The Morgan fingerprint density at radius 1 is 1.23 bits per heavy atom. The first-order chi connectivity index (χ1) is 12.8. The molecule has 26 heavy (non-hydrogen) atoms. The van der Waals surface area contributed by atoms with Gasteiger partial charge in [-0.1, -0.05) is 24.3 Å². The molecule has 0 spiro atoms. The van der Waals surface area contributed by atoms with Gasteiger partial charge in [0, 0.05) is 36.1 Å². The van der Waals surface area contributed by atoms with Crippen LogP contribution in [-0.2, 0) is 24.2 Å². The van der Waals surface area contributed by atoms with Gasteiger partial charge >= 0.3 is 0 Å². The van der Waals surface area contributed by atoms with E-state index in [1.54, 1.807) is 11.3 Å². The summed E-state index contributed by atoms with van der Waals surface area (Å²) in [5, 5.41) is 8.75. The number of carbonyl (C=O) groups is 1. The molecule has 1 fully saturated rings. The molecule has 0 bridgehead atoms. The predicted molar refractivity (Wildman–Crippen MR) is 108 cm³/mol. The molecule has 138 valence electrons. The molecule has 0 unspecified atom stereocenters. The quantitative estimate of drug-likeness (QED) is 0.821. The number of para-hydroxylation sites is 1. The number of likely N-dealkylation sites (tertiary alicyclic amines) is 1. The zero-order valence-electron chi connectivity index (χ0n) is 15.2. The summed E-state index contributed by atoms with van der Waals surface area (Å²) in [5.41, 5.74) is 4.20. The molecular weight excluding hydrogens is 342 g/mol. The van der Waals surface area contributed by atoms with Gasteiger partial charge in [0.1, 0.15) is 0 Å². The number of piperidine rings is 1. The second-order valence-electron chi connectivity index (χ2n) is 7.30. The van der Waals surface area contributed by atoms with Gasteiger partial charge in [-0.25, -0.2) is 0 Å². The summed E-state index contributed by atoms with van der Waals surface area (Å²) in [7, 11) is 0. The van der Waals surface area contributed by atoms with Gasteiger partial charge in [0.15, 0.2) is 0 Å². The van der Waals surface area contributed by atoms with Crippen molar-refractivity contribution in [3.8, 4) is 0 Å². The van der Waals surface area contributed by atoms with Crippen LogP contribution in [0.25, 0.3) is 0 Å². The van der Waals surface area contributed by atoms with Crippen LogP contribution < -0.4 is 10.6 Å². The molecule has 2 aromatic rings. The molecule has 2 aliphatic rings. The van der Waals surface area contributed by atoms with Gasteiger partial charge in [0.05, 0.1) is 0 Å². The number of hydrogen-bond acceptors (Lipinski definition) is 4. The largest absolute Gasteiger partial charge is 0.384 e. The Hall–Kier alpha value is -1.85. The van der Waals surface area contributed by atoms with E-state index in [2.05, 4.69) is 51.2 Å². The number of nitrogens with zero attached hydrogens (tertiary/aromatic N) is 1. The first-order valence-electron chi connectivity index (χ1n) is 9.66. The van der Waals surface area contributed by atoms with E-state index >= 15 is 0 Å². The Balaban J connectivity index is 1.23. The number of amides is 1. The van der Waals surface area contributed by atoms with Gasteiger partial charge in [0.2, 0.25) is 5.91 Å². The molecule has 0 saturated carbocycles. The van der Waals surface area contributed by atoms with Crippen molar-refractivity contribution in [1.29, 1.82) is 0 Å². The fourth-order valence-electron chi connectivity index (χ4n) is 4.04. The molecular formula is C21H27N3OS. The number of thiophene rings is 1. The maximum absolute atomic E-state index is 12.4. The van der Waals surface area contributed by atoms with Crippen molar-refractivity contribution in [2.45, 2.75) is 32.2 Å². The molecule has 1 aromatic carbocycles. The van der Waals surface area contributed by atoms with Crippen LogP contribution in [0, 0.1) is 5.92 Å². The van der Waals surface area contributed by atoms with Crippen molar-refractivity contribution in [1.82, 2.24) is 10.2 Å². The second kappa shape index (κ2) is 8.23. The highest BCUT2D eigenvalue weighted by molar-refractivity contribution is 7.09. The average molecular weight is 370 g/mol. The summed E-state index contributed by atoms with van der Waals surface area (Å²) < 4.78 is 0. The van der Waals surface area contributed by atoms with Crippen LogP contribution in [0.2, 0.25) is 0 Å². The van der Waals surface area contributed by atoms with Crippen molar-refractivity contribution in [3.05, 3.63) is 51.7 Å². The SMILES string of the molecule is O=C(NCCc1cccs1)C1CCN(Cc2cccc3c2NCC3)CC1. The van der Waals surface area contributed by atoms with Crippen molar-refractivity contribution < 1.29 is 4.79 Å². The van der Waals surface area contributed by atoms with Crippen molar-refractivity contribution in [2.75, 3.05) is 31.5 Å². The molecule has 3 heterocycles. The van der Waals surface area contributed by atoms with E-state index in [0.29, 0.717) is 0 Å². The van der Waals surface area contributed by atoms with Crippen LogP contribution in [-0.4, -0.2) is 37.0 Å². The summed E-state index contributed by atoms with van der Waals surface area (Å²) in [5.74, 6) is 0.415. The predicted octanol–water partition coefficient (Wildman–Crippen LogP) is 3.29. The number of rotatable bonds is 6. The highest BCUT2D eigenvalue weighted by atomic mass is 32.1. The zero-order valence-corrected chi connectivity index (χ0v) is 16.0. The topological polar surface area (TPSA) is 44.4 Å². The molecule has 2 aliphatic heterocycles.